The minimum absolute atomic E-state index is 0.0694. The van der Waals surface area contributed by atoms with Crippen molar-refractivity contribution in [2.75, 3.05) is 5.75 Å². The molecule has 1 aliphatic rings. The molecule has 2 nitrogen and oxygen atoms in total. The van der Waals surface area contributed by atoms with Crippen molar-refractivity contribution in [1.29, 1.82) is 0 Å². The van der Waals surface area contributed by atoms with Gasteiger partial charge < -0.3 is 10.5 Å². The molecule has 110 valence electrons. The highest BCUT2D eigenvalue weighted by atomic mass is 79.9. The molecule has 21 heavy (non-hydrogen) atoms. The molecule has 0 saturated heterocycles. The molecule has 5 heteroatoms. The molecule has 1 heterocycles. The van der Waals surface area contributed by atoms with Crippen LogP contribution in [-0.2, 0) is 6.42 Å². The maximum absolute atomic E-state index is 13.3. The lowest BCUT2D eigenvalue weighted by Gasteiger charge is -2.30. The predicted octanol–water partition coefficient (Wildman–Crippen LogP) is 4.01. The molecule has 0 aliphatic carbocycles. The topological polar surface area (TPSA) is 35.2 Å². The number of nitrogens with two attached hydrogens (primary N) is 1. The number of hydrogen-bond acceptors (Lipinski definition) is 3. The van der Waals surface area contributed by atoms with Crippen LogP contribution >= 0.6 is 27.7 Å². The Labute approximate surface area is 136 Å². The molecule has 0 spiro atoms. The zero-order chi connectivity index (χ0) is 14.8. The molecule has 2 aromatic rings. The number of fused-ring (bicyclic) bond motifs is 1. The molecule has 0 radical (unpaired) electrons. The first-order chi connectivity index (χ1) is 10.1. The lowest BCUT2D eigenvalue weighted by Crippen LogP contribution is -2.43. The molecular formula is C16H15BrFNOS. The van der Waals surface area contributed by atoms with Crippen molar-refractivity contribution in [2.45, 2.75) is 23.5 Å². The van der Waals surface area contributed by atoms with E-state index in [1.165, 1.54) is 12.1 Å². The first-order valence-electron chi connectivity index (χ1n) is 6.71. The Kier molecular flexibility index (Phi) is 4.52. The van der Waals surface area contributed by atoms with Crippen LogP contribution < -0.4 is 10.5 Å². The summed E-state index contributed by atoms with van der Waals surface area (Å²) in [7, 11) is 0. The van der Waals surface area contributed by atoms with Crippen LogP contribution in [0.1, 0.15) is 5.56 Å². The van der Waals surface area contributed by atoms with Gasteiger partial charge in [0.05, 0.1) is 0 Å². The summed E-state index contributed by atoms with van der Waals surface area (Å²) in [6.07, 6.45) is 0.506. The van der Waals surface area contributed by atoms with Gasteiger partial charge in [-0.25, -0.2) is 4.39 Å². The van der Waals surface area contributed by atoms with E-state index in [4.69, 9.17) is 10.5 Å². The van der Waals surface area contributed by atoms with Gasteiger partial charge in [0.15, 0.2) is 0 Å². The lowest BCUT2D eigenvalue weighted by molar-refractivity contribution is 0.184. The van der Waals surface area contributed by atoms with Crippen LogP contribution in [-0.4, -0.2) is 17.9 Å². The van der Waals surface area contributed by atoms with Gasteiger partial charge in [-0.05, 0) is 42.3 Å². The number of thioether (sulfide) groups is 1. The van der Waals surface area contributed by atoms with Crippen molar-refractivity contribution >= 4 is 27.7 Å². The van der Waals surface area contributed by atoms with E-state index in [9.17, 15) is 4.39 Å². The van der Waals surface area contributed by atoms with Crippen molar-refractivity contribution in [2.24, 2.45) is 5.73 Å². The van der Waals surface area contributed by atoms with E-state index in [0.29, 0.717) is 6.42 Å². The lowest BCUT2D eigenvalue weighted by atomic mass is 10.0. The minimum Gasteiger partial charge on any atom is -0.487 e. The van der Waals surface area contributed by atoms with Gasteiger partial charge in [-0.15, -0.1) is 11.8 Å². The van der Waals surface area contributed by atoms with Gasteiger partial charge in [0.2, 0.25) is 0 Å². The molecule has 1 aliphatic heterocycles. The maximum atomic E-state index is 13.3. The van der Waals surface area contributed by atoms with Crippen LogP contribution in [0.5, 0.6) is 5.75 Å². The van der Waals surface area contributed by atoms with Gasteiger partial charge in [-0.2, -0.15) is 0 Å². The summed E-state index contributed by atoms with van der Waals surface area (Å²) in [6.45, 7) is 0. The van der Waals surface area contributed by atoms with Crippen LogP contribution in [0.3, 0.4) is 0 Å². The van der Waals surface area contributed by atoms with Crippen LogP contribution in [0.2, 0.25) is 0 Å². The molecular weight excluding hydrogens is 353 g/mol. The van der Waals surface area contributed by atoms with Crippen LogP contribution in [0, 0.1) is 5.82 Å². The normalized spacial score (nSPS) is 18.7. The fourth-order valence-corrected chi connectivity index (χ4v) is 3.83. The maximum Gasteiger partial charge on any atom is 0.133 e. The average molecular weight is 368 g/mol. The number of halogens is 2. The molecule has 0 aromatic heterocycles. The zero-order valence-electron chi connectivity index (χ0n) is 11.3. The van der Waals surface area contributed by atoms with Gasteiger partial charge in [0.25, 0.3) is 0 Å². The summed E-state index contributed by atoms with van der Waals surface area (Å²) in [5.74, 6) is 1.45. The van der Waals surface area contributed by atoms with Crippen molar-refractivity contribution in [3.05, 3.63) is 58.3 Å². The first kappa shape index (κ1) is 14.9. The summed E-state index contributed by atoms with van der Waals surface area (Å²) in [5.41, 5.74) is 7.15. The average Bonchev–Trinajstić information content (AvgIpc) is 2.50. The Morgan fingerprint density at radius 3 is 3.00 bits per heavy atom. The SMILES string of the molecule is NC(Cc1cc(F)ccc1Br)C1CSc2ccccc2O1. The molecule has 0 bridgehead atoms. The third kappa shape index (κ3) is 3.42. The molecule has 2 unspecified atom stereocenters. The quantitative estimate of drug-likeness (QED) is 0.889. The molecule has 2 atom stereocenters. The van der Waals surface area contributed by atoms with Crippen molar-refractivity contribution in [3.63, 3.8) is 0 Å². The summed E-state index contributed by atoms with van der Waals surface area (Å²) in [4.78, 5) is 1.15. The standard InChI is InChI=1S/C16H15BrFNOS/c17-12-6-5-11(18)7-10(12)8-13(19)15-9-21-16-4-2-1-3-14(16)20-15/h1-7,13,15H,8-9,19H2. The number of ether oxygens (including phenoxy) is 1. The second-order valence-electron chi connectivity index (χ2n) is 5.02. The van der Waals surface area contributed by atoms with Gasteiger partial charge >= 0.3 is 0 Å². The highest BCUT2D eigenvalue weighted by Gasteiger charge is 2.26. The Bertz CT molecular complexity index is 652. The van der Waals surface area contributed by atoms with Crippen molar-refractivity contribution in [1.82, 2.24) is 0 Å². The summed E-state index contributed by atoms with van der Waals surface area (Å²) < 4.78 is 20.2. The van der Waals surface area contributed by atoms with E-state index in [1.807, 2.05) is 24.3 Å². The van der Waals surface area contributed by atoms with Gasteiger partial charge in [-0.3, -0.25) is 0 Å². The Balaban J connectivity index is 1.72. The van der Waals surface area contributed by atoms with E-state index in [1.54, 1.807) is 17.8 Å². The second kappa shape index (κ2) is 6.38. The zero-order valence-corrected chi connectivity index (χ0v) is 13.7. The summed E-state index contributed by atoms with van der Waals surface area (Å²) in [6, 6.07) is 12.4. The molecule has 0 fully saturated rings. The number of para-hydroxylation sites is 1. The van der Waals surface area contributed by atoms with Crippen LogP contribution in [0.25, 0.3) is 0 Å². The van der Waals surface area contributed by atoms with Crippen LogP contribution in [0.4, 0.5) is 4.39 Å². The fourth-order valence-electron chi connectivity index (χ4n) is 2.33. The highest BCUT2D eigenvalue weighted by Crippen LogP contribution is 2.36. The molecule has 0 saturated carbocycles. The monoisotopic (exact) mass is 367 g/mol. The molecule has 2 N–H and O–H groups in total. The van der Waals surface area contributed by atoms with E-state index in [-0.39, 0.29) is 18.0 Å². The third-order valence-electron chi connectivity index (χ3n) is 3.47. The van der Waals surface area contributed by atoms with Crippen molar-refractivity contribution in [3.8, 4) is 5.75 Å². The highest BCUT2D eigenvalue weighted by molar-refractivity contribution is 9.10. The van der Waals surface area contributed by atoms with E-state index in [0.717, 1.165) is 26.4 Å². The first-order valence-corrected chi connectivity index (χ1v) is 8.49. The predicted molar refractivity (Wildman–Crippen MR) is 87.4 cm³/mol. The minimum atomic E-state index is -0.246. The van der Waals surface area contributed by atoms with E-state index in [2.05, 4.69) is 15.9 Å². The number of rotatable bonds is 3. The largest absolute Gasteiger partial charge is 0.487 e. The number of benzene rings is 2. The van der Waals surface area contributed by atoms with Gasteiger partial charge in [0, 0.05) is 21.2 Å². The Hall–Kier alpha value is -1.04. The van der Waals surface area contributed by atoms with E-state index >= 15 is 0 Å². The van der Waals surface area contributed by atoms with Gasteiger partial charge in [0.1, 0.15) is 17.7 Å². The number of hydrogen-bond donors (Lipinski definition) is 1. The second-order valence-corrected chi connectivity index (χ2v) is 6.93. The molecule has 3 rings (SSSR count). The Morgan fingerprint density at radius 1 is 1.33 bits per heavy atom. The molecule has 0 amide bonds. The Morgan fingerprint density at radius 2 is 2.14 bits per heavy atom. The van der Waals surface area contributed by atoms with E-state index < -0.39 is 0 Å². The fraction of sp³-hybridized carbons (Fsp3) is 0.250. The summed E-state index contributed by atoms with van der Waals surface area (Å²) >= 11 is 5.19. The van der Waals surface area contributed by atoms with Crippen molar-refractivity contribution < 1.29 is 9.13 Å². The smallest absolute Gasteiger partial charge is 0.133 e. The molecule has 2 aromatic carbocycles. The van der Waals surface area contributed by atoms with Gasteiger partial charge in [-0.1, -0.05) is 28.1 Å². The van der Waals surface area contributed by atoms with Crippen LogP contribution in [0.15, 0.2) is 51.8 Å². The summed E-state index contributed by atoms with van der Waals surface area (Å²) in [5, 5.41) is 0. The third-order valence-corrected chi connectivity index (χ3v) is 5.39.